The van der Waals surface area contributed by atoms with E-state index in [1.807, 2.05) is 26.0 Å². The third-order valence-electron chi connectivity index (χ3n) is 4.08. The Balaban J connectivity index is 1.99. The van der Waals surface area contributed by atoms with Crippen molar-refractivity contribution < 1.29 is 4.74 Å². The second-order valence-corrected chi connectivity index (χ2v) is 6.08. The zero-order chi connectivity index (χ0) is 14.6. The fourth-order valence-electron chi connectivity index (χ4n) is 2.58. The SMILES string of the molecule is CCC1CC(Nc2ccc(C(C)(C)C#N)cc2)CCO1. The zero-order valence-corrected chi connectivity index (χ0v) is 12.6. The molecule has 1 aromatic carbocycles. The molecular formula is C17H24N2O. The van der Waals surface area contributed by atoms with E-state index >= 15 is 0 Å². The second-order valence-electron chi connectivity index (χ2n) is 6.08. The minimum atomic E-state index is -0.426. The molecule has 0 aromatic heterocycles. The maximum absolute atomic E-state index is 9.15. The van der Waals surface area contributed by atoms with Gasteiger partial charge in [-0.25, -0.2) is 0 Å². The minimum Gasteiger partial charge on any atom is -0.382 e. The van der Waals surface area contributed by atoms with Gasteiger partial charge in [-0.3, -0.25) is 0 Å². The Bertz CT molecular complexity index is 473. The number of nitriles is 1. The van der Waals surface area contributed by atoms with Crippen LogP contribution in [-0.2, 0) is 10.2 Å². The van der Waals surface area contributed by atoms with E-state index in [1.54, 1.807) is 0 Å². The van der Waals surface area contributed by atoms with E-state index < -0.39 is 5.41 Å². The van der Waals surface area contributed by atoms with Gasteiger partial charge in [0.05, 0.1) is 17.6 Å². The van der Waals surface area contributed by atoms with Crippen molar-refractivity contribution in [2.45, 2.75) is 57.6 Å². The Labute approximate surface area is 121 Å². The summed E-state index contributed by atoms with van der Waals surface area (Å²) in [7, 11) is 0. The van der Waals surface area contributed by atoms with Crippen LogP contribution in [0, 0.1) is 11.3 Å². The molecule has 108 valence electrons. The molecule has 1 N–H and O–H groups in total. The average molecular weight is 272 g/mol. The van der Waals surface area contributed by atoms with Gasteiger partial charge in [-0.2, -0.15) is 5.26 Å². The molecule has 0 aliphatic carbocycles. The van der Waals surface area contributed by atoms with Gasteiger partial charge in [0.1, 0.15) is 0 Å². The average Bonchev–Trinajstić information content (AvgIpc) is 2.48. The maximum Gasteiger partial charge on any atom is 0.0766 e. The van der Waals surface area contributed by atoms with Crippen molar-refractivity contribution in [2.24, 2.45) is 0 Å². The van der Waals surface area contributed by atoms with Gasteiger partial charge in [-0.05, 0) is 50.8 Å². The van der Waals surface area contributed by atoms with E-state index in [9.17, 15) is 0 Å². The van der Waals surface area contributed by atoms with Crippen molar-refractivity contribution in [3.63, 3.8) is 0 Å². The third-order valence-corrected chi connectivity index (χ3v) is 4.08. The van der Waals surface area contributed by atoms with Crippen LogP contribution in [-0.4, -0.2) is 18.8 Å². The molecule has 3 heteroatoms. The molecule has 1 fully saturated rings. The molecule has 0 spiro atoms. The van der Waals surface area contributed by atoms with Crippen LogP contribution in [0.15, 0.2) is 24.3 Å². The number of anilines is 1. The number of nitrogens with one attached hydrogen (secondary N) is 1. The summed E-state index contributed by atoms with van der Waals surface area (Å²) in [6.07, 6.45) is 3.59. The molecule has 2 rings (SSSR count). The van der Waals surface area contributed by atoms with Gasteiger partial charge in [0.25, 0.3) is 0 Å². The lowest BCUT2D eigenvalue weighted by molar-refractivity contribution is 0.00926. The summed E-state index contributed by atoms with van der Waals surface area (Å²) in [5, 5.41) is 12.7. The molecule has 2 unspecified atom stereocenters. The van der Waals surface area contributed by atoms with Crippen LogP contribution in [0.3, 0.4) is 0 Å². The molecular weight excluding hydrogens is 248 g/mol. The monoisotopic (exact) mass is 272 g/mol. The van der Waals surface area contributed by atoms with Crippen molar-refractivity contribution >= 4 is 5.69 Å². The van der Waals surface area contributed by atoms with Gasteiger partial charge in [-0.15, -0.1) is 0 Å². The van der Waals surface area contributed by atoms with Crippen LogP contribution in [0.2, 0.25) is 0 Å². The minimum absolute atomic E-state index is 0.387. The molecule has 0 radical (unpaired) electrons. The van der Waals surface area contributed by atoms with Gasteiger partial charge in [0, 0.05) is 18.3 Å². The molecule has 1 aliphatic rings. The number of hydrogen-bond acceptors (Lipinski definition) is 3. The summed E-state index contributed by atoms with van der Waals surface area (Å²) >= 11 is 0. The van der Waals surface area contributed by atoms with Gasteiger partial charge in [-0.1, -0.05) is 19.1 Å². The number of ether oxygens (including phenoxy) is 1. The van der Waals surface area contributed by atoms with Crippen LogP contribution >= 0.6 is 0 Å². The van der Waals surface area contributed by atoms with Crippen molar-refractivity contribution in [1.82, 2.24) is 0 Å². The Kier molecular flexibility index (Phi) is 4.67. The molecule has 20 heavy (non-hydrogen) atoms. The highest BCUT2D eigenvalue weighted by atomic mass is 16.5. The molecule has 1 saturated heterocycles. The van der Waals surface area contributed by atoms with E-state index in [2.05, 4.69) is 30.4 Å². The van der Waals surface area contributed by atoms with E-state index in [1.165, 1.54) is 0 Å². The van der Waals surface area contributed by atoms with Crippen LogP contribution in [0.25, 0.3) is 0 Å². The van der Waals surface area contributed by atoms with Crippen LogP contribution < -0.4 is 5.32 Å². The van der Waals surface area contributed by atoms with E-state index in [0.29, 0.717) is 12.1 Å². The molecule has 0 bridgehead atoms. The normalized spacial score (nSPS) is 23.1. The van der Waals surface area contributed by atoms with Crippen molar-refractivity contribution in [3.8, 4) is 6.07 Å². The first-order chi connectivity index (χ1) is 9.55. The number of benzene rings is 1. The molecule has 1 aromatic rings. The lowest BCUT2D eigenvalue weighted by Crippen LogP contribution is -2.33. The first-order valence-electron chi connectivity index (χ1n) is 7.45. The Morgan fingerprint density at radius 2 is 2.05 bits per heavy atom. The quantitative estimate of drug-likeness (QED) is 0.905. The number of nitrogens with zero attached hydrogens (tertiary/aromatic N) is 1. The summed E-state index contributed by atoms with van der Waals surface area (Å²) in [5.41, 5.74) is 1.76. The van der Waals surface area contributed by atoms with Crippen molar-refractivity contribution in [3.05, 3.63) is 29.8 Å². The fourth-order valence-corrected chi connectivity index (χ4v) is 2.58. The first-order valence-corrected chi connectivity index (χ1v) is 7.45. The summed E-state index contributed by atoms with van der Waals surface area (Å²) in [4.78, 5) is 0. The molecule has 0 saturated carbocycles. The van der Waals surface area contributed by atoms with Crippen LogP contribution in [0.5, 0.6) is 0 Å². The van der Waals surface area contributed by atoms with Gasteiger partial charge < -0.3 is 10.1 Å². The zero-order valence-electron chi connectivity index (χ0n) is 12.6. The molecule has 3 nitrogen and oxygen atoms in total. The van der Waals surface area contributed by atoms with Crippen LogP contribution in [0.4, 0.5) is 5.69 Å². The summed E-state index contributed by atoms with van der Waals surface area (Å²) < 4.78 is 5.70. The van der Waals surface area contributed by atoms with Crippen molar-refractivity contribution in [2.75, 3.05) is 11.9 Å². The molecule has 1 heterocycles. The predicted octanol–water partition coefficient (Wildman–Crippen LogP) is 3.86. The smallest absolute Gasteiger partial charge is 0.0766 e. The lowest BCUT2D eigenvalue weighted by Gasteiger charge is -2.30. The van der Waals surface area contributed by atoms with E-state index in [0.717, 1.165) is 37.1 Å². The molecule has 2 atom stereocenters. The van der Waals surface area contributed by atoms with Gasteiger partial charge in [0.2, 0.25) is 0 Å². The highest BCUT2D eigenvalue weighted by Gasteiger charge is 2.22. The Hall–Kier alpha value is -1.53. The topological polar surface area (TPSA) is 45.0 Å². The first kappa shape index (κ1) is 14.9. The molecule has 1 aliphatic heterocycles. The predicted molar refractivity (Wildman–Crippen MR) is 81.8 cm³/mol. The molecule has 0 amide bonds. The van der Waals surface area contributed by atoms with Crippen molar-refractivity contribution in [1.29, 1.82) is 5.26 Å². The van der Waals surface area contributed by atoms with E-state index in [4.69, 9.17) is 10.00 Å². The van der Waals surface area contributed by atoms with E-state index in [-0.39, 0.29) is 0 Å². The van der Waals surface area contributed by atoms with Crippen LogP contribution in [0.1, 0.15) is 45.6 Å². The van der Waals surface area contributed by atoms with Gasteiger partial charge >= 0.3 is 0 Å². The number of rotatable bonds is 4. The van der Waals surface area contributed by atoms with Gasteiger partial charge in [0.15, 0.2) is 0 Å². The maximum atomic E-state index is 9.15. The highest BCUT2D eigenvalue weighted by Crippen LogP contribution is 2.25. The summed E-state index contributed by atoms with van der Waals surface area (Å²) in [6, 6.07) is 11.1. The Morgan fingerprint density at radius 3 is 2.65 bits per heavy atom. The summed E-state index contributed by atoms with van der Waals surface area (Å²) in [6.45, 7) is 6.90. The number of hydrogen-bond donors (Lipinski definition) is 1. The lowest BCUT2D eigenvalue weighted by atomic mass is 9.86. The standard InChI is InChI=1S/C17H24N2O/c1-4-16-11-15(9-10-20-16)19-14-7-5-13(6-8-14)17(2,3)12-18/h5-8,15-16,19H,4,9-11H2,1-3H3. The second kappa shape index (κ2) is 6.28. The summed E-state index contributed by atoms with van der Waals surface area (Å²) in [5.74, 6) is 0. The Morgan fingerprint density at radius 1 is 1.35 bits per heavy atom. The fraction of sp³-hybridized carbons (Fsp3) is 0.588. The third kappa shape index (κ3) is 3.52. The highest BCUT2D eigenvalue weighted by molar-refractivity contribution is 5.47. The largest absolute Gasteiger partial charge is 0.382 e.